The number of benzene rings is 2. The summed E-state index contributed by atoms with van der Waals surface area (Å²) in [7, 11) is 0. The minimum absolute atomic E-state index is 0.150. The Balaban J connectivity index is 2.07. The van der Waals surface area contributed by atoms with E-state index >= 15 is 0 Å². The maximum Gasteiger partial charge on any atom is 0.416 e. The Morgan fingerprint density at radius 3 is 2.53 bits per heavy atom. The van der Waals surface area contributed by atoms with Crippen LogP contribution in [-0.2, 0) is 11.0 Å². The maximum atomic E-state index is 13.0. The number of fused-ring (bicyclic) bond motifs is 1. The van der Waals surface area contributed by atoms with Gasteiger partial charge in [-0.2, -0.15) is 18.2 Å². The summed E-state index contributed by atoms with van der Waals surface area (Å²) in [4.78, 5) is 29.0. The number of carbonyl (C=O) groups is 2. The van der Waals surface area contributed by atoms with Crippen LogP contribution in [0.3, 0.4) is 0 Å². The Labute approximate surface area is 186 Å². The van der Waals surface area contributed by atoms with E-state index in [2.05, 4.69) is 11.9 Å². The molecule has 3 aromatic rings. The number of unbranched alkanes of at least 4 members (excludes halogenated alkanes) is 3. The van der Waals surface area contributed by atoms with E-state index in [0.717, 1.165) is 53.5 Å². The normalized spacial score (nSPS) is 13.4. The van der Waals surface area contributed by atoms with Crippen LogP contribution in [0, 0.1) is 0 Å². The molecule has 5 nitrogen and oxygen atoms in total. The molecule has 1 atom stereocenters. The van der Waals surface area contributed by atoms with Gasteiger partial charge in [0.15, 0.2) is 4.80 Å². The van der Waals surface area contributed by atoms with E-state index in [-0.39, 0.29) is 10.4 Å². The first-order valence-corrected chi connectivity index (χ1v) is 11.1. The Morgan fingerprint density at radius 2 is 1.84 bits per heavy atom. The third kappa shape index (κ3) is 5.45. The number of carbonyl (C=O) groups excluding carboxylic acids is 1. The van der Waals surface area contributed by atoms with Crippen LogP contribution >= 0.6 is 11.3 Å². The lowest BCUT2D eigenvalue weighted by molar-refractivity contribution is -0.141. The predicted octanol–water partition coefficient (Wildman–Crippen LogP) is 6.06. The Bertz CT molecular complexity index is 1180. The molecule has 32 heavy (non-hydrogen) atoms. The number of carboxylic acid groups (broad SMARTS) is 1. The largest absolute Gasteiger partial charge is 0.480 e. The van der Waals surface area contributed by atoms with E-state index in [1.165, 1.54) is 10.6 Å². The quantitative estimate of drug-likeness (QED) is 0.412. The van der Waals surface area contributed by atoms with Crippen molar-refractivity contribution < 1.29 is 27.9 Å². The van der Waals surface area contributed by atoms with Crippen molar-refractivity contribution >= 4 is 33.4 Å². The molecule has 1 aromatic heterocycles. The lowest BCUT2D eigenvalue weighted by atomic mass is 10.1. The number of para-hydroxylation sites is 1. The second-order valence-electron chi connectivity index (χ2n) is 7.42. The van der Waals surface area contributed by atoms with Crippen molar-refractivity contribution in [2.45, 2.75) is 51.2 Å². The molecule has 0 bridgehead atoms. The molecule has 0 aliphatic rings. The van der Waals surface area contributed by atoms with Crippen molar-refractivity contribution in [3.8, 4) is 0 Å². The minimum atomic E-state index is -4.58. The minimum Gasteiger partial charge on any atom is -0.480 e. The van der Waals surface area contributed by atoms with Crippen molar-refractivity contribution in [3.63, 3.8) is 0 Å². The molecule has 2 aromatic carbocycles. The van der Waals surface area contributed by atoms with Gasteiger partial charge in [0.05, 0.1) is 15.8 Å². The lowest BCUT2D eigenvalue weighted by Gasteiger charge is -2.15. The van der Waals surface area contributed by atoms with Gasteiger partial charge < -0.3 is 9.67 Å². The molecule has 1 N–H and O–H groups in total. The number of amides is 1. The number of aliphatic carboxylic acids is 1. The molecule has 1 unspecified atom stereocenters. The number of rotatable bonds is 8. The van der Waals surface area contributed by atoms with Gasteiger partial charge in [0.25, 0.3) is 5.91 Å². The fourth-order valence-corrected chi connectivity index (χ4v) is 4.55. The first-order chi connectivity index (χ1) is 15.2. The number of aromatic nitrogens is 1. The number of thiazole rings is 1. The molecule has 3 rings (SSSR count). The first-order valence-electron chi connectivity index (χ1n) is 10.3. The van der Waals surface area contributed by atoms with Crippen molar-refractivity contribution in [1.82, 2.24) is 4.57 Å². The molecule has 0 aliphatic heterocycles. The molecule has 0 saturated heterocycles. The Hall–Kier alpha value is -2.94. The highest BCUT2D eigenvalue weighted by Gasteiger charge is 2.31. The van der Waals surface area contributed by atoms with Gasteiger partial charge in [-0.25, -0.2) is 4.79 Å². The molecule has 0 spiro atoms. The molecule has 0 radical (unpaired) electrons. The van der Waals surface area contributed by atoms with E-state index in [0.29, 0.717) is 18.4 Å². The zero-order valence-electron chi connectivity index (χ0n) is 17.4. The Morgan fingerprint density at radius 1 is 1.09 bits per heavy atom. The van der Waals surface area contributed by atoms with E-state index in [1.807, 2.05) is 0 Å². The number of hydrogen-bond acceptors (Lipinski definition) is 3. The van der Waals surface area contributed by atoms with E-state index in [4.69, 9.17) is 0 Å². The number of nitrogens with zero attached hydrogens (tertiary/aromatic N) is 2. The topological polar surface area (TPSA) is 71.7 Å². The highest BCUT2D eigenvalue weighted by Crippen LogP contribution is 2.30. The summed E-state index contributed by atoms with van der Waals surface area (Å²) < 4.78 is 41.3. The van der Waals surface area contributed by atoms with Crippen LogP contribution in [0.1, 0.15) is 61.0 Å². The van der Waals surface area contributed by atoms with Gasteiger partial charge in [-0.05, 0) is 36.8 Å². The maximum absolute atomic E-state index is 13.0. The molecule has 0 aliphatic carbocycles. The Kier molecular flexibility index (Phi) is 7.50. The highest BCUT2D eigenvalue weighted by atomic mass is 32.1. The van der Waals surface area contributed by atoms with Crippen LogP contribution in [0.2, 0.25) is 0 Å². The second-order valence-corrected chi connectivity index (χ2v) is 8.43. The zero-order valence-corrected chi connectivity index (χ0v) is 18.2. The molecular formula is C23H23F3N2O3S. The summed E-state index contributed by atoms with van der Waals surface area (Å²) >= 11 is 1.14. The van der Waals surface area contributed by atoms with Gasteiger partial charge in [-0.15, -0.1) is 0 Å². The van der Waals surface area contributed by atoms with Gasteiger partial charge in [0.2, 0.25) is 0 Å². The monoisotopic (exact) mass is 464 g/mol. The number of alkyl halides is 3. The van der Waals surface area contributed by atoms with Crippen molar-refractivity contribution in [1.29, 1.82) is 0 Å². The zero-order chi connectivity index (χ0) is 23.3. The standard InChI is InChI=1S/C23H23F3N2O3S/c1-2-3-4-5-12-18(21(30)31)28-17-11-6-7-13-19(17)32-22(28)27-20(29)15-9-8-10-16(14-15)23(24,25)26/h6-11,13-14,18H,2-5,12H2,1H3,(H,30,31). The highest BCUT2D eigenvalue weighted by molar-refractivity contribution is 7.16. The van der Waals surface area contributed by atoms with E-state index < -0.39 is 29.7 Å². The van der Waals surface area contributed by atoms with Crippen molar-refractivity contribution in [2.75, 3.05) is 0 Å². The molecule has 9 heteroatoms. The van der Waals surface area contributed by atoms with Gasteiger partial charge in [0.1, 0.15) is 6.04 Å². The summed E-state index contributed by atoms with van der Waals surface area (Å²) in [6, 6.07) is 10.2. The fraction of sp³-hybridized carbons (Fsp3) is 0.348. The van der Waals surface area contributed by atoms with E-state index in [9.17, 15) is 27.9 Å². The third-order valence-electron chi connectivity index (χ3n) is 5.09. The molecule has 0 fully saturated rings. The first kappa shape index (κ1) is 23.7. The van der Waals surface area contributed by atoms with Gasteiger partial charge >= 0.3 is 12.1 Å². The SMILES string of the molecule is CCCCCCC(C(=O)O)n1c(=NC(=O)c2cccc(C(F)(F)F)c2)sc2ccccc21. The summed E-state index contributed by atoms with van der Waals surface area (Å²) in [6.45, 7) is 2.06. The fourth-order valence-electron chi connectivity index (χ4n) is 3.48. The number of carboxylic acids is 1. The average molecular weight is 465 g/mol. The molecule has 1 amide bonds. The molecule has 1 heterocycles. The van der Waals surface area contributed by atoms with Crippen LogP contribution in [0.5, 0.6) is 0 Å². The molecular weight excluding hydrogens is 441 g/mol. The molecule has 170 valence electrons. The van der Waals surface area contributed by atoms with E-state index in [1.54, 1.807) is 24.3 Å². The van der Waals surface area contributed by atoms with Crippen LogP contribution in [0.15, 0.2) is 53.5 Å². The predicted molar refractivity (Wildman–Crippen MR) is 117 cm³/mol. The summed E-state index contributed by atoms with van der Waals surface area (Å²) in [5.41, 5.74) is -0.531. The smallest absolute Gasteiger partial charge is 0.416 e. The van der Waals surface area contributed by atoms with Crippen LogP contribution < -0.4 is 4.80 Å². The summed E-state index contributed by atoms with van der Waals surface area (Å²) in [5, 5.41) is 9.89. The lowest BCUT2D eigenvalue weighted by Crippen LogP contribution is -2.28. The van der Waals surface area contributed by atoms with Gasteiger partial charge in [-0.3, -0.25) is 4.79 Å². The third-order valence-corrected chi connectivity index (χ3v) is 6.13. The summed E-state index contributed by atoms with van der Waals surface area (Å²) in [6.07, 6.45) is -0.631. The van der Waals surface area contributed by atoms with Gasteiger partial charge in [0, 0.05) is 5.56 Å². The molecule has 0 saturated carbocycles. The van der Waals surface area contributed by atoms with Crippen LogP contribution in [0.25, 0.3) is 10.2 Å². The van der Waals surface area contributed by atoms with Crippen molar-refractivity contribution in [2.24, 2.45) is 4.99 Å². The summed E-state index contributed by atoms with van der Waals surface area (Å²) in [5.74, 6) is -1.90. The number of halogens is 3. The van der Waals surface area contributed by atoms with Crippen LogP contribution in [-0.4, -0.2) is 21.6 Å². The average Bonchev–Trinajstić information content (AvgIpc) is 3.10. The van der Waals surface area contributed by atoms with Gasteiger partial charge in [-0.1, -0.05) is 62.1 Å². The van der Waals surface area contributed by atoms with Crippen LogP contribution in [0.4, 0.5) is 13.2 Å². The second kappa shape index (κ2) is 10.1. The van der Waals surface area contributed by atoms with Crippen molar-refractivity contribution in [3.05, 3.63) is 64.5 Å². The number of hydrogen-bond donors (Lipinski definition) is 1.